The molecule has 0 spiro atoms. The number of rotatable bonds is 5. The van der Waals surface area contributed by atoms with Gasteiger partial charge in [-0.15, -0.1) is 0 Å². The van der Waals surface area contributed by atoms with E-state index in [1.165, 1.54) is 0 Å². The number of aliphatic carboxylic acids is 1. The predicted octanol–water partition coefficient (Wildman–Crippen LogP) is 0.0785. The van der Waals surface area contributed by atoms with Gasteiger partial charge < -0.3 is 5.11 Å². The highest BCUT2D eigenvalue weighted by molar-refractivity contribution is 7.93. The van der Waals surface area contributed by atoms with E-state index in [-0.39, 0.29) is 12.0 Å². The molecular formula is C12H21NO6S2. The molecule has 1 saturated heterocycles. The Morgan fingerprint density at radius 3 is 2.33 bits per heavy atom. The summed E-state index contributed by atoms with van der Waals surface area (Å²) in [5, 5.41) is 9.30. The molecule has 1 aliphatic carbocycles. The molecule has 0 aromatic heterocycles. The van der Waals surface area contributed by atoms with Crippen molar-refractivity contribution in [1.82, 2.24) is 4.31 Å². The maximum Gasteiger partial charge on any atom is 0.322 e. The van der Waals surface area contributed by atoms with Crippen molar-refractivity contribution in [1.29, 1.82) is 0 Å². The lowest BCUT2D eigenvalue weighted by Crippen LogP contribution is -2.47. The van der Waals surface area contributed by atoms with Gasteiger partial charge >= 0.3 is 5.97 Å². The van der Waals surface area contributed by atoms with Crippen molar-refractivity contribution in [3.05, 3.63) is 0 Å². The van der Waals surface area contributed by atoms with E-state index in [2.05, 4.69) is 0 Å². The first kappa shape index (κ1) is 16.7. The minimum absolute atomic E-state index is 0.0767. The fourth-order valence-electron chi connectivity index (χ4n) is 3.39. The van der Waals surface area contributed by atoms with Crippen LogP contribution in [0.1, 0.15) is 32.1 Å². The first-order chi connectivity index (χ1) is 9.62. The topological polar surface area (TPSA) is 109 Å². The fraction of sp³-hybridized carbons (Fsp3) is 0.917. The quantitative estimate of drug-likeness (QED) is 0.760. The minimum atomic E-state index is -3.88. The van der Waals surface area contributed by atoms with E-state index in [1.54, 1.807) is 0 Å². The summed E-state index contributed by atoms with van der Waals surface area (Å²) < 4.78 is 48.4. The second-order valence-corrected chi connectivity index (χ2v) is 10.2. The van der Waals surface area contributed by atoms with Crippen LogP contribution in [0.2, 0.25) is 0 Å². The lowest BCUT2D eigenvalue weighted by atomic mass is 9.85. The van der Waals surface area contributed by atoms with Gasteiger partial charge in [-0.1, -0.05) is 12.8 Å². The van der Waals surface area contributed by atoms with Crippen LogP contribution in [0.25, 0.3) is 0 Å². The third-order valence-electron chi connectivity index (χ3n) is 4.35. The van der Waals surface area contributed by atoms with E-state index in [0.29, 0.717) is 12.8 Å². The van der Waals surface area contributed by atoms with Gasteiger partial charge in [0.15, 0.2) is 0 Å². The van der Waals surface area contributed by atoms with E-state index in [4.69, 9.17) is 0 Å². The Kier molecular flexibility index (Phi) is 4.65. The standard InChI is InChI=1S/C12H21NO6S2/c1-20(16,17)6-7-21(18,19)13-10-5-3-2-4-9(10)8-11(13)12(14)15/h9-11H,2-8H2,1H3,(H,14,15). The molecule has 2 fully saturated rings. The van der Waals surface area contributed by atoms with Crippen molar-refractivity contribution in [2.24, 2.45) is 5.92 Å². The third-order valence-corrected chi connectivity index (χ3v) is 7.44. The number of sulfone groups is 1. The highest BCUT2D eigenvalue weighted by Crippen LogP contribution is 2.41. The van der Waals surface area contributed by atoms with Gasteiger partial charge in [-0.2, -0.15) is 4.31 Å². The molecule has 2 aliphatic rings. The number of carboxylic acids is 1. The minimum Gasteiger partial charge on any atom is -0.480 e. The summed E-state index contributed by atoms with van der Waals surface area (Å²) >= 11 is 0. The zero-order valence-electron chi connectivity index (χ0n) is 11.9. The van der Waals surface area contributed by atoms with E-state index >= 15 is 0 Å². The molecule has 7 nitrogen and oxygen atoms in total. The molecular weight excluding hydrogens is 318 g/mol. The molecule has 122 valence electrons. The normalized spacial score (nSPS) is 31.0. The Hall–Kier alpha value is -0.670. The molecule has 21 heavy (non-hydrogen) atoms. The van der Waals surface area contributed by atoms with E-state index in [1.807, 2.05) is 0 Å². The van der Waals surface area contributed by atoms with Gasteiger partial charge in [0.1, 0.15) is 15.9 Å². The molecule has 2 rings (SSSR count). The molecule has 0 aromatic rings. The Morgan fingerprint density at radius 2 is 1.76 bits per heavy atom. The summed E-state index contributed by atoms with van der Waals surface area (Å²) in [6.07, 6.45) is 4.68. The Morgan fingerprint density at radius 1 is 1.14 bits per heavy atom. The molecule has 9 heteroatoms. The van der Waals surface area contributed by atoms with Gasteiger partial charge in [0.25, 0.3) is 0 Å². The average Bonchev–Trinajstić information content (AvgIpc) is 2.76. The molecule has 1 saturated carbocycles. The van der Waals surface area contributed by atoms with E-state index in [9.17, 15) is 26.7 Å². The second-order valence-electron chi connectivity index (χ2n) is 5.98. The van der Waals surface area contributed by atoms with Crippen LogP contribution in [-0.4, -0.2) is 62.1 Å². The van der Waals surface area contributed by atoms with Crippen LogP contribution < -0.4 is 0 Å². The van der Waals surface area contributed by atoms with Crippen molar-refractivity contribution < 1.29 is 26.7 Å². The van der Waals surface area contributed by atoms with Gasteiger partial charge in [0.05, 0.1) is 11.5 Å². The molecule has 3 unspecified atom stereocenters. The van der Waals surface area contributed by atoms with Crippen LogP contribution in [0.15, 0.2) is 0 Å². The van der Waals surface area contributed by atoms with Crippen LogP contribution in [0, 0.1) is 5.92 Å². The lowest BCUT2D eigenvalue weighted by molar-refractivity contribution is -0.141. The first-order valence-electron chi connectivity index (χ1n) is 7.03. The van der Waals surface area contributed by atoms with Gasteiger partial charge in [-0.05, 0) is 25.2 Å². The molecule has 0 amide bonds. The van der Waals surface area contributed by atoms with Crippen LogP contribution in [0.3, 0.4) is 0 Å². The second kappa shape index (κ2) is 5.85. The third kappa shape index (κ3) is 3.75. The van der Waals surface area contributed by atoms with Crippen molar-refractivity contribution in [2.45, 2.75) is 44.2 Å². The Labute approximate surface area is 125 Å². The lowest BCUT2D eigenvalue weighted by Gasteiger charge is -2.32. The summed E-state index contributed by atoms with van der Waals surface area (Å²) in [6, 6.07) is -1.34. The van der Waals surface area contributed by atoms with Crippen molar-refractivity contribution in [3.63, 3.8) is 0 Å². The summed E-state index contributed by atoms with van der Waals surface area (Å²) in [5.74, 6) is -2.09. The molecule has 1 N–H and O–H groups in total. The van der Waals surface area contributed by atoms with E-state index in [0.717, 1.165) is 29.8 Å². The van der Waals surface area contributed by atoms with Crippen LogP contribution in [0.4, 0.5) is 0 Å². The largest absolute Gasteiger partial charge is 0.480 e. The summed E-state index contributed by atoms with van der Waals surface area (Å²) in [6.45, 7) is 0. The summed E-state index contributed by atoms with van der Waals surface area (Å²) in [7, 11) is -7.29. The smallest absolute Gasteiger partial charge is 0.322 e. The highest BCUT2D eigenvalue weighted by Gasteiger charge is 2.50. The van der Waals surface area contributed by atoms with Gasteiger partial charge in [0, 0.05) is 12.3 Å². The Balaban J connectivity index is 2.26. The molecule has 0 aromatic carbocycles. The van der Waals surface area contributed by atoms with Crippen LogP contribution in [-0.2, 0) is 24.7 Å². The van der Waals surface area contributed by atoms with Crippen molar-refractivity contribution in [2.75, 3.05) is 17.8 Å². The molecule has 1 aliphatic heterocycles. The number of carboxylic acid groups (broad SMARTS) is 1. The fourth-order valence-corrected chi connectivity index (χ4v) is 6.91. The van der Waals surface area contributed by atoms with Crippen molar-refractivity contribution in [3.8, 4) is 0 Å². The maximum absolute atomic E-state index is 12.4. The highest BCUT2D eigenvalue weighted by atomic mass is 32.2. The molecule has 0 radical (unpaired) electrons. The number of hydrogen-bond acceptors (Lipinski definition) is 5. The molecule has 1 heterocycles. The summed E-state index contributed by atoms with van der Waals surface area (Å²) in [5.41, 5.74) is 0. The number of sulfonamides is 1. The predicted molar refractivity (Wildman–Crippen MR) is 77.1 cm³/mol. The van der Waals surface area contributed by atoms with Crippen LogP contribution >= 0.6 is 0 Å². The SMILES string of the molecule is CS(=O)(=O)CCS(=O)(=O)N1C(C(=O)O)CC2CCCCC21. The van der Waals surface area contributed by atoms with Gasteiger partial charge in [-0.3, -0.25) is 4.79 Å². The average molecular weight is 339 g/mol. The maximum atomic E-state index is 12.4. The zero-order valence-corrected chi connectivity index (χ0v) is 13.6. The number of fused-ring (bicyclic) bond motifs is 1. The van der Waals surface area contributed by atoms with Crippen molar-refractivity contribution >= 4 is 25.8 Å². The first-order valence-corrected chi connectivity index (χ1v) is 10.7. The molecule has 0 bridgehead atoms. The van der Waals surface area contributed by atoms with Gasteiger partial charge in [0.2, 0.25) is 10.0 Å². The number of carbonyl (C=O) groups is 1. The monoisotopic (exact) mass is 339 g/mol. The zero-order chi connectivity index (χ0) is 15.8. The Bertz CT molecular complexity index is 612. The summed E-state index contributed by atoms with van der Waals surface area (Å²) in [4.78, 5) is 11.4. The van der Waals surface area contributed by atoms with Gasteiger partial charge in [-0.25, -0.2) is 16.8 Å². The number of hydrogen-bond donors (Lipinski definition) is 1. The number of nitrogens with zero attached hydrogens (tertiary/aromatic N) is 1. The molecule has 3 atom stereocenters. The van der Waals surface area contributed by atoms with E-state index < -0.39 is 43.4 Å². The van der Waals surface area contributed by atoms with Crippen LogP contribution in [0.5, 0.6) is 0 Å².